The van der Waals surface area contributed by atoms with E-state index in [4.69, 9.17) is 5.73 Å². The van der Waals surface area contributed by atoms with E-state index in [9.17, 15) is 4.79 Å². The van der Waals surface area contributed by atoms with E-state index in [1.165, 1.54) is 0 Å². The fraction of sp³-hybridized carbons (Fsp3) is 0. The summed E-state index contributed by atoms with van der Waals surface area (Å²) in [4.78, 5) is 12.8. The van der Waals surface area contributed by atoms with Gasteiger partial charge in [-0.2, -0.15) is 0 Å². The monoisotopic (exact) mass is 229 g/mol. The largest absolute Gasteiger partial charge is 0.399 e. The number of hydrogen-bond donors (Lipinski definition) is 1. The molecule has 0 aliphatic carbocycles. The molecule has 1 heterocycles. The van der Waals surface area contributed by atoms with Crippen molar-refractivity contribution in [2.45, 2.75) is 0 Å². The molecule has 16 heavy (non-hydrogen) atoms. The van der Waals surface area contributed by atoms with Gasteiger partial charge in [-0.15, -0.1) is 11.3 Å². The Morgan fingerprint density at radius 2 is 1.94 bits per heavy atom. The first-order valence-corrected chi connectivity index (χ1v) is 5.75. The Labute approximate surface area is 98.0 Å². The number of ketones is 1. The van der Waals surface area contributed by atoms with E-state index in [-0.39, 0.29) is 5.78 Å². The standard InChI is InChI=1S/C13H11NOS/c14-11-5-3-10(4-6-11)13(15)8-7-12-2-1-9-16-12/h1-9H,14H2. The van der Waals surface area contributed by atoms with Crippen LogP contribution in [0.3, 0.4) is 0 Å². The number of thiophene rings is 1. The zero-order chi connectivity index (χ0) is 11.4. The highest BCUT2D eigenvalue weighted by Crippen LogP contribution is 2.12. The molecule has 0 saturated heterocycles. The molecule has 0 bridgehead atoms. The van der Waals surface area contributed by atoms with Crippen molar-refractivity contribution in [1.29, 1.82) is 0 Å². The normalized spacial score (nSPS) is 10.8. The number of nitrogens with two attached hydrogens (primary N) is 1. The maximum Gasteiger partial charge on any atom is 0.185 e. The van der Waals surface area contributed by atoms with Crippen molar-refractivity contribution in [3.05, 3.63) is 58.3 Å². The molecule has 0 fully saturated rings. The molecular formula is C13H11NOS. The molecule has 80 valence electrons. The van der Waals surface area contributed by atoms with Gasteiger partial charge in [-0.3, -0.25) is 4.79 Å². The lowest BCUT2D eigenvalue weighted by Gasteiger charge is -1.96. The molecule has 1 aromatic carbocycles. The highest BCUT2D eigenvalue weighted by atomic mass is 32.1. The summed E-state index contributed by atoms with van der Waals surface area (Å²) < 4.78 is 0. The summed E-state index contributed by atoms with van der Waals surface area (Å²) in [5.74, 6) is -0.00611. The Bertz CT molecular complexity index is 497. The third-order valence-corrected chi connectivity index (χ3v) is 2.97. The Morgan fingerprint density at radius 3 is 2.56 bits per heavy atom. The van der Waals surface area contributed by atoms with Crippen LogP contribution in [0.5, 0.6) is 0 Å². The SMILES string of the molecule is Nc1ccc(C(=O)C=Cc2cccs2)cc1. The molecule has 0 aliphatic heterocycles. The number of anilines is 1. The minimum atomic E-state index is -0.00611. The summed E-state index contributed by atoms with van der Waals surface area (Å²) in [6.07, 6.45) is 3.40. The van der Waals surface area contributed by atoms with Gasteiger partial charge in [0.25, 0.3) is 0 Å². The van der Waals surface area contributed by atoms with Gasteiger partial charge in [0.15, 0.2) is 5.78 Å². The first-order chi connectivity index (χ1) is 7.75. The predicted molar refractivity (Wildman–Crippen MR) is 68.5 cm³/mol. The van der Waals surface area contributed by atoms with Crippen LogP contribution in [0.2, 0.25) is 0 Å². The van der Waals surface area contributed by atoms with Gasteiger partial charge in [-0.25, -0.2) is 0 Å². The lowest BCUT2D eigenvalue weighted by Crippen LogP contribution is -1.94. The second-order valence-corrected chi connectivity index (χ2v) is 4.31. The summed E-state index contributed by atoms with van der Waals surface area (Å²) in [6.45, 7) is 0. The molecule has 3 heteroatoms. The van der Waals surface area contributed by atoms with Gasteiger partial charge in [0.2, 0.25) is 0 Å². The van der Waals surface area contributed by atoms with Gasteiger partial charge < -0.3 is 5.73 Å². The van der Waals surface area contributed by atoms with Crippen molar-refractivity contribution in [2.24, 2.45) is 0 Å². The second kappa shape index (κ2) is 4.77. The summed E-state index contributed by atoms with van der Waals surface area (Å²) in [5, 5.41) is 1.98. The summed E-state index contributed by atoms with van der Waals surface area (Å²) >= 11 is 1.60. The lowest BCUT2D eigenvalue weighted by molar-refractivity contribution is 0.104. The minimum absolute atomic E-state index is 0.00611. The highest BCUT2D eigenvalue weighted by Gasteiger charge is 2.00. The number of benzene rings is 1. The number of hydrogen-bond acceptors (Lipinski definition) is 3. The molecule has 0 saturated carbocycles. The Balaban J connectivity index is 2.11. The third-order valence-electron chi connectivity index (χ3n) is 2.14. The zero-order valence-electron chi connectivity index (χ0n) is 8.59. The predicted octanol–water partition coefficient (Wildman–Crippen LogP) is 3.23. The Hall–Kier alpha value is -1.87. The molecule has 2 N–H and O–H groups in total. The number of rotatable bonds is 3. The average Bonchev–Trinajstić information content (AvgIpc) is 2.80. The third kappa shape index (κ3) is 2.58. The molecule has 0 atom stereocenters. The van der Waals surface area contributed by atoms with Crippen LogP contribution in [0, 0.1) is 0 Å². The molecule has 2 aromatic rings. The number of carbonyl (C=O) groups excluding carboxylic acids is 1. The van der Waals surface area contributed by atoms with Gasteiger partial charge in [-0.1, -0.05) is 6.07 Å². The van der Waals surface area contributed by atoms with Crippen LogP contribution in [-0.2, 0) is 0 Å². The van der Waals surface area contributed by atoms with Gasteiger partial charge in [0.05, 0.1) is 0 Å². The Morgan fingerprint density at radius 1 is 1.19 bits per heavy atom. The van der Waals surface area contributed by atoms with Crippen LogP contribution in [0.25, 0.3) is 6.08 Å². The smallest absolute Gasteiger partial charge is 0.185 e. The van der Waals surface area contributed by atoms with Gasteiger partial charge in [0, 0.05) is 16.1 Å². The van der Waals surface area contributed by atoms with E-state index in [0.717, 1.165) is 4.88 Å². The molecule has 0 unspecified atom stereocenters. The van der Waals surface area contributed by atoms with E-state index in [1.807, 2.05) is 23.6 Å². The first kappa shape index (κ1) is 10.6. The zero-order valence-corrected chi connectivity index (χ0v) is 9.41. The molecule has 1 aromatic heterocycles. The quantitative estimate of drug-likeness (QED) is 0.499. The van der Waals surface area contributed by atoms with Crippen LogP contribution >= 0.6 is 11.3 Å². The summed E-state index contributed by atoms with van der Waals surface area (Å²) in [7, 11) is 0. The van der Waals surface area contributed by atoms with Gasteiger partial charge in [0.1, 0.15) is 0 Å². The number of allylic oxidation sites excluding steroid dienone is 1. The number of nitrogen functional groups attached to an aromatic ring is 1. The highest BCUT2D eigenvalue weighted by molar-refractivity contribution is 7.10. The van der Waals surface area contributed by atoms with Crippen LogP contribution in [-0.4, -0.2) is 5.78 Å². The van der Waals surface area contributed by atoms with Crippen molar-refractivity contribution in [3.8, 4) is 0 Å². The van der Waals surface area contributed by atoms with Crippen molar-refractivity contribution in [2.75, 3.05) is 5.73 Å². The Kier molecular flexibility index (Phi) is 3.17. The van der Waals surface area contributed by atoms with E-state index in [1.54, 1.807) is 41.7 Å². The topological polar surface area (TPSA) is 43.1 Å². The molecule has 2 rings (SSSR count). The second-order valence-electron chi connectivity index (χ2n) is 3.34. The van der Waals surface area contributed by atoms with Crippen LogP contribution in [0.1, 0.15) is 15.2 Å². The molecule has 2 nitrogen and oxygen atoms in total. The molecule has 0 spiro atoms. The first-order valence-electron chi connectivity index (χ1n) is 4.87. The lowest BCUT2D eigenvalue weighted by atomic mass is 10.1. The van der Waals surface area contributed by atoms with Crippen molar-refractivity contribution in [1.82, 2.24) is 0 Å². The van der Waals surface area contributed by atoms with Gasteiger partial charge >= 0.3 is 0 Å². The fourth-order valence-electron chi connectivity index (χ4n) is 1.29. The summed E-state index contributed by atoms with van der Waals surface area (Å²) in [5.41, 5.74) is 6.87. The number of carbonyl (C=O) groups is 1. The van der Waals surface area contributed by atoms with E-state index in [2.05, 4.69) is 0 Å². The average molecular weight is 229 g/mol. The fourth-order valence-corrected chi connectivity index (χ4v) is 1.91. The van der Waals surface area contributed by atoms with E-state index >= 15 is 0 Å². The molecule has 0 amide bonds. The van der Waals surface area contributed by atoms with Crippen molar-refractivity contribution < 1.29 is 4.79 Å². The van der Waals surface area contributed by atoms with Gasteiger partial charge in [-0.05, 0) is 47.9 Å². The van der Waals surface area contributed by atoms with Crippen molar-refractivity contribution in [3.63, 3.8) is 0 Å². The minimum Gasteiger partial charge on any atom is -0.399 e. The van der Waals surface area contributed by atoms with Crippen LogP contribution < -0.4 is 5.73 Å². The maximum atomic E-state index is 11.7. The van der Waals surface area contributed by atoms with E-state index < -0.39 is 0 Å². The van der Waals surface area contributed by atoms with Crippen molar-refractivity contribution >= 4 is 28.9 Å². The van der Waals surface area contributed by atoms with Crippen LogP contribution in [0.15, 0.2) is 47.9 Å². The summed E-state index contributed by atoms with van der Waals surface area (Å²) in [6, 6.07) is 10.8. The molecular weight excluding hydrogens is 218 g/mol. The maximum absolute atomic E-state index is 11.7. The van der Waals surface area contributed by atoms with Crippen LogP contribution in [0.4, 0.5) is 5.69 Å². The molecule has 0 radical (unpaired) electrons. The van der Waals surface area contributed by atoms with E-state index in [0.29, 0.717) is 11.3 Å². The molecule has 0 aliphatic rings.